The van der Waals surface area contributed by atoms with Gasteiger partial charge in [0.15, 0.2) is 0 Å². The first-order valence-electron chi connectivity index (χ1n) is 12.2. The Labute approximate surface area is 216 Å². The molecule has 4 unspecified atom stereocenters. The number of carbonyl (C=O) groups excluding carboxylic acids is 1. The molecular formula is C25H42BrF2N3O4. The van der Waals surface area contributed by atoms with Crippen molar-refractivity contribution in [2.75, 3.05) is 20.3 Å². The zero-order valence-corrected chi connectivity index (χ0v) is 23.3. The topological polar surface area (TPSA) is 97.1 Å². The molecule has 1 aliphatic heterocycles. The predicted molar refractivity (Wildman–Crippen MR) is 136 cm³/mol. The molecule has 35 heavy (non-hydrogen) atoms. The molecule has 7 nitrogen and oxygen atoms in total. The summed E-state index contributed by atoms with van der Waals surface area (Å²) in [6.07, 6.45) is 5.10. The van der Waals surface area contributed by atoms with E-state index in [-0.39, 0.29) is 24.4 Å². The van der Waals surface area contributed by atoms with Gasteiger partial charge in [0.1, 0.15) is 17.6 Å². The highest BCUT2D eigenvalue weighted by Crippen LogP contribution is 2.38. The molecule has 2 fully saturated rings. The highest BCUT2D eigenvalue weighted by Gasteiger charge is 2.47. The van der Waals surface area contributed by atoms with Crippen molar-refractivity contribution < 1.29 is 28.3 Å². The second-order valence-corrected chi connectivity index (χ2v) is 10.5. The molecule has 1 saturated carbocycles. The van der Waals surface area contributed by atoms with Gasteiger partial charge in [0.05, 0.1) is 30.8 Å². The number of benzene rings is 1. The van der Waals surface area contributed by atoms with Gasteiger partial charge in [0, 0.05) is 18.0 Å². The third kappa shape index (κ3) is 8.63. The van der Waals surface area contributed by atoms with Crippen molar-refractivity contribution >= 4 is 21.8 Å². The lowest BCUT2D eigenvalue weighted by Gasteiger charge is -2.33. The number of nitrogens with two attached hydrogens (primary N) is 1. The van der Waals surface area contributed by atoms with E-state index in [0.717, 1.165) is 16.5 Å². The number of nitrogens with one attached hydrogen (secondary N) is 1. The van der Waals surface area contributed by atoms with E-state index in [2.05, 4.69) is 36.7 Å². The molecule has 3 rings (SSSR count). The van der Waals surface area contributed by atoms with Crippen molar-refractivity contribution in [2.45, 2.75) is 79.0 Å². The van der Waals surface area contributed by atoms with Crippen molar-refractivity contribution in [3.05, 3.63) is 28.0 Å². The maximum atomic E-state index is 14.2. The first kappa shape index (κ1) is 31.7. The maximum absolute atomic E-state index is 14.2. The van der Waals surface area contributed by atoms with Crippen LogP contribution in [-0.2, 0) is 16.2 Å². The van der Waals surface area contributed by atoms with E-state index in [1.54, 1.807) is 0 Å². The molecule has 2 aliphatic rings. The van der Waals surface area contributed by atoms with Crippen LogP contribution in [0.15, 0.2) is 16.6 Å². The second kappa shape index (κ2) is 15.0. The molecule has 1 aliphatic carbocycles. The van der Waals surface area contributed by atoms with E-state index in [1.807, 2.05) is 13.8 Å². The average Bonchev–Trinajstić information content (AvgIpc) is 3.19. The van der Waals surface area contributed by atoms with Gasteiger partial charge >= 0.3 is 0 Å². The number of carbonyl (C=O) groups is 1. The zero-order chi connectivity index (χ0) is 26.8. The van der Waals surface area contributed by atoms with E-state index in [1.165, 1.54) is 44.9 Å². The fourth-order valence-electron chi connectivity index (χ4n) is 4.86. The van der Waals surface area contributed by atoms with E-state index in [0.29, 0.717) is 9.89 Å². The quantitative estimate of drug-likeness (QED) is 0.424. The fourth-order valence-corrected chi connectivity index (χ4v) is 5.40. The fraction of sp³-hybridized carbons (Fsp3) is 0.720. The van der Waals surface area contributed by atoms with Crippen LogP contribution in [0.3, 0.4) is 0 Å². The lowest BCUT2D eigenvalue weighted by Crippen LogP contribution is -2.45. The van der Waals surface area contributed by atoms with Crippen LogP contribution in [0.4, 0.5) is 8.87 Å². The van der Waals surface area contributed by atoms with Crippen molar-refractivity contribution in [1.29, 1.82) is 0 Å². The molecule has 1 aromatic carbocycles. The number of amides is 1. The summed E-state index contributed by atoms with van der Waals surface area (Å²) in [6, 6.07) is 1.55. The average molecular weight is 567 g/mol. The number of methoxy groups -OCH3 is 1. The van der Waals surface area contributed by atoms with Gasteiger partial charge in [-0.1, -0.05) is 47.5 Å². The number of hydroxylamine groups is 2. The Hall–Kier alpha value is -1.33. The lowest BCUT2D eigenvalue weighted by atomic mass is 9.73. The molecule has 0 spiro atoms. The Bertz CT molecular complexity index is 800. The van der Waals surface area contributed by atoms with Crippen LogP contribution < -0.4 is 16.0 Å². The highest BCUT2D eigenvalue weighted by atomic mass is 79.9. The van der Waals surface area contributed by atoms with Crippen molar-refractivity contribution in [1.82, 2.24) is 10.6 Å². The SMILES string of the molecule is CC.CC1CCCC(C)(C)C1.COc1c(Br)ccc(F)c1CN1OC(CN)C(CO)C1C(=O)NF. The Balaban J connectivity index is 0.000000464. The summed E-state index contributed by atoms with van der Waals surface area (Å²) in [4.78, 5) is 17.4. The van der Waals surface area contributed by atoms with E-state index in [9.17, 15) is 18.8 Å². The summed E-state index contributed by atoms with van der Waals surface area (Å²) in [5.41, 5.74) is 7.39. The molecule has 0 radical (unpaired) electrons. The van der Waals surface area contributed by atoms with Gasteiger partial charge < -0.3 is 15.6 Å². The normalized spacial score (nSPS) is 25.6. The van der Waals surface area contributed by atoms with Gasteiger partial charge in [-0.05, 0) is 52.2 Å². The number of rotatable bonds is 6. The summed E-state index contributed by atoms with van der Waals surface area (Å²) in [6.45, 7) is 10.5. The van der Waals surface area contributed by atoms with Gasteiger partial charge in [0.25, 0.3) is 5.91 Å². The van der Waals surface area contributed by atoms with Crippen LogP contribution in [0, 0.1) is 23.1 Å². The predicted octanol–water partition coefficient (Wildman–Crippen LogP) is 4.90. The third-order valence-corrected chi connectivity index (χ3v) is 7.02. The summed E-state index contributed by atoms with van der Waals surface area (Å²) in [5.74, 6) is -1.11. The van der Waals surface area contributed by atoms with E-state index < -0.39 is 36.4 Å². The van der Waals surface area contributed by atoms with Crippen molar-refractivity contribution in [3.63, 3.8) is 0 Å². The van der Waals surface area contributed by atoms with Crippen LogP contribution >= 0.6 is 15.9 Å². The molecule has 202 valence electrons. The van der Waals surface area contributed by atoms with Crippen molar-refractivity contribution in [2.24, 2.45) is 23.0 Å². The minimum absolute atomic E-state index is 0.00982. The molecule has 1 amide bonds. The minimum Gasteiger partial charge on any atom is -0.495 e. The minimum atomic E-state index is -1.16. The van der Waals surface area contributed by atoms with Gasteiger partial charge in [-0.3, -0.25) is 9.63 Å². The number of hydrogen-bond donors (Lipinski definition) is 3. The Morgan fingerprint density at radius 1 is 1.40 bits per heavy atom. The number of aliphatic hydroxyl groups excluding tert-OH is 1. The molecule has 1 saturated heterocycles. The third-order valence-electron chi connectivity index (χ3n) is 6.39. The number of aliphatic hydroxyl groups is 1. The first-order chi connectivity index (χ1) is 16.6. The molecule has 1 aromatic rings. The Kier molecular flexibility index (Phi) is 13.6. The smallest absolute Gasteiger partial charge is 0.267 e. The van der Waals surface area contributed by atoms with Crippen molar-refractivity contribution in [3.8, 4) is 5.75 Å². The summed E-state index contributed by atoms with van der Waals surface area (Å²) in [7, 11) is 1.37. The van der Waals surface area contributed by atoms with E-state index >= 15 is 0 Å². The van der Waals surface area contributed by atoms with Gasteiger partial charge in [0.2, 0.25) is 0 Å². The summed E-state index contributed by atoms with van der Waals surface area (Å²) in [5, 5.41) is 10.6. The molecule has 10 heteroatoms. The van der Waals surface area contributed by atoms with Gasteiger partial charge in [-0.25, -0.2) is 4.39 Å². The number of halogens is 3. The van der Waals surface area contributed by atoms with E-state index in [4.69, 9.17) is 15.3 Å². The van der Waals surface area contributed by atoms with Crippen LogP contribution in [0.1, 0.15) is 65.9 Å². The maximum Gasteiger partial charge on any atom is 0.267 e. The molecule has 1 heterocycles. The standard InChI is InChI=1S/C14H18BrF2N3O4.C9H18.C2H6/c1-23-13-7(10(16)3-2-9(13)15)5-20-12(14(22)19-17)8(6-21)11(4-18)24-20;1-8-5-4-6-9(2,3)7-8;1-2/h2-3,8,11-12,21H,4-6,18H2,1H3,(H,19,22);8H,4-7H2,1-3H3;1-2H3. The number of nitrogens with zero attached hydrogens (tertiary/aromatic N) is 1. The first-order valence-corrected chi connectivity index (χ1v) is 13.0. The van der Waals surface area contributed by atoms with Crippen LogP contribution in [0.25, 0.3) is 0 Å². The Morgan fingerprint density at radius 2 is 2.06 bits per heavy atom. The van der Waals surface area contributed by atoms with Crippen LogP contribution in [0.2, 0.25) is 0 Å². The largest absolute Gasteiger partial charge is 0.495 e. The molecular weight excluding hydrogens is 524 g/mol. The number of hydrogen-bond acceptors (Lipinski definition) is 6. The lowest BCUT2D eigenvalue weighted by molar-refractivity contribution is -0.175. The van der Waals surface area contributed by atoms with Crippen LogP contribution in [-0.4, -0.2) is 48.5 Å². The van der Waals surface area contributed by atoms with Crippen LogP contribution in [0.5, 0.6) is 5.75 Å². The molecule has 0 bridgehead atoms. The summed E-state index contributed by atoms with van der Waals surface area (Å²) < 4.78 is 32.6. The second-order valence-electron chi connectivity index (χ2n) is 9.61. The molecule has 4 N–H and O–H groups in total. The number of ether oxygens (including phenoxy) is 1. The highest BCUT2D eigenvalue weighted by molar-refractivity contribution is 9.10. The van der Waals surface area contributed by atoms with Gasteiger partial charge in [-0.15, -0.1) is 4.48 Å². The monoisotopic (exact) mass is 565 g/mol. The Morgan fingerprint density at radius 3 is 2.51 bits per heavy atom. The zero-order valence-electron chi connectivity index (χ0n) is 21.7. The molecule has 0 aromatic heterocycles. The summed E-state index contributed by atoms with van der Waals surface area (Å²) >= 11 is 3.25. The molecule has 4 atom stereocenters. The van der Waals surface area contributed by atoms with Gasteiger partial charge in [-0.2, -0.15) is 10.6 Å².